The number of rotatable bonds is 6. The number of imidazole rings is 1. The van der Waals surface area contributed by atoms with Crippen LogP contribution in [0.1, 0.15) is 51.6 Å². The van der Waals surface area contributed by atoms with Crippen LogP contribution in [-0.4, -0.2) is 16.1 Å². The molecule has 2 rings (SSSR count). The summed E-state index contributed by atoms with van der Waals surface area (Å²) in [5.74, 6) is 0.782. The summed E-state index contributed by atoms with van der Waals surface area (Å²) in [4.78, 5) is 4.30. The maximum atomic E-state index is 5.67. The molecule has 0 aliphatic heterocycles. The Hall–Kier alpha value is -0.830. The van der Waals surface area contributed by atoms with Gasteiger partial charge in [0.25, 0.3) is 0 Å². The second kappa shape index (κ2) is 5.87. The van der Waals surface area contributed by atoms with Crippen LogP contribution < -0.4 is 5.73 Å². The topological polar surface area (TPSA) is 43.8 Å². The summed E-state index contributed by atoms with van der Waals surface area (Å²) in [5.41, 5.74) is 7.48. The Balaban J connectivity index is 2.10. The lowest BCUT2D eigenvalue weighted by molar-refractivity contribution is 0.195. The van der Waals surface area contributed by atoms with Gasteiger partial charge in [0.05, 0.1) is 6.33 Å². The smallest absolute Gasteiger partial charge is 0.0948 e. The molecule has 0 unspecified atom stereocenters. The quantitative estimate of drug-likeness (QED) is 0.842. The Kier molecular flexibility index (Phi) is 4.44. The zero-order valence-corrected chi connectivity index (χ0v) is 11.9. The van der Waals surface area contributed by atoms with Crippen molar-refractivity contribution >= 4 is 0 Å². The molecule has 0 saturated heterocycles. The van der Waals surface area contributed by atoms with Crippen LogP contribution in [0.25, 0.3) is 0 Å². The molecule has 18 heavy (non-hydrogen) atoms. The Morgan fingerprint density at radius 3 is 2.72 bits per heavy atom. The van der Waals surface area contributed by atoms with Crippen molar-refractivity contribution in [2.75, 3.05) is 6.54 Å². The highest BCUT2D eigenvalue weighted by molar-refractivity contribution is 5.01. The van der Waals surface area contributed by atoms with Crippen molar-refractivity contribution in [3.63, 3.8) is 0 Å². The average Bonchev–Trinajstić information content (AvgIpc) is 2.90. The molecule has 1 aliphatic carbocycles. The van der Waals surface area contributed by atoms with E-state index in [0.717, 1.165) is 18.9 Å². The van der Waals surface area contributed by atoms with Crippen LogP contribution in [0.3, 0.4) is 0 Å². The predicted octanol–water partition coefficient (Wildman–Crippen LogP) is 2.99. The number of aromatic nitrogens is 2. The van der Waals surface area contributed by atoms with E-state index in [-0.39, 0.29) is 0 Å². The van der Waals surface area contributed by atoms with E-state index in [2.05, 4.69) is 23.4 Å². The Labute approximate surface area is 111 Å². The van der Waals surface area contributed by atoms with Gasteiger partial charge in [-0.15, -0.1) is 0 Å². The summed E-state index contributed by atoms with van der Waals surface area (Å²) in [6, 6.07) is 0. The van der Waals surface area contributed by atoms with Crippen LogP contribution in [0.5, 0.6) is 0 Å². The summed E-state index contributed by atoms with van der Waals surface area (Å²) in [5, 5.41) is 0. The maximum absolute atomic E-state index is 5.67. The highest BCUT2D eigenvalue weighted by Crippen LogP contribution is 2.44. The number of hydrogen-bond acceptors (Lipinski definition) is 2. The Morgan fingerprint density at radius 2 is 2.11 bits per heavy atom. The van der Waals surface area contributed by atoms with Gasteiger partial charge in [0, 0.05) is 24.9 Å². The molecule has 1 heterocycles. The lowest BCUT2D eigenvalue weighted by atomic mass is 9.78. The van der Waals surface area contributed by atoms with Gasteiger partial charge in [-0.25, -0.2) is 4.98 Å². The summed E-state index contributed by atoms with van der Waals surface area (Å²) < 4.78 is 2.35. The van der Waals surface area contributed by atoms with Gasteiger partial charge in [-0.2, -0.15) is 0 Å². The lowest BCUT2D eigenvalue weighted by Crippen LogP contribution is -2.26. The molecule has 0 atom stereocenters. The normalized spacial score (nSPS) is 18.7. The minimum absolute atomic E-state index is 0.512. The van der Waals surface area contributed by atoms with Crippen LogP contribution in [0.2, 0.25) is 0 Å². The molecule has 1 aromatic rings. The second-order valence-corrected chi connectivity index (χ2v) is 6.36. The fourth-order valence-electron chi connectivity index (χ4n) is 3.63. The van der Waals surface area contributed by atoms with E-state index in [0.29, 0.717) is 12.0 Å². The molecule has 0 amide bonds. The maximum Gasteiger partial charge on any atom is 0.0948 e. The van der Waals surface area contributed by atoms with Crippen LogP contribution in [-0.2, 0) is 13.0 Å². The number of nitrogens with two attached hydrogens (primary N) is 1. The van der Waals surface area contributed by atoms with Crippen molar-refractivity contribution in [2.45, 2.75) is 58.9 Å². The van der Waals surface area contributed by atoms with Crippen molar-refractivity contribution in [3.05, 3.63) is 18.2 Å². The van der Waals surface area contributed by atoms with Gasteiger partial charge in [-0.05, 0) is 37.1 Å². The molecular weight excluding hydrogens is 222 g/mol. The minimum Gasteiger partial charge on any atom is -0.334 e. The standard InChI is InChI=1S/C15H27N3/c1-13(2)9-15(6-3-4-7-15)11-18-12-17-10-14(18)5-8-16/h10,12-13H,3-9,11,16H2,1-2H3. The van der Waals surface area contributed by atoms with Crippen molar-refractivity contribution in [1.29, 1.82) is 0 Å². The molecule has 102 valence electrons. The molecule has 2 N–H and O–H groups in total. The van der Waals surface area contributed by atoms with Crippen molar-refractivity contribution in [1.82, 2.24) is 9.55 Å². The van der Waals surface area contributed by atoms with E-state index in [1.54, 1.807) is 0 Å². The first-order valence-electron chi connectivity index (χ1n) is 7.34. The van der Waals surface area contributed by atoms with E-state index in [1.807, 2.05) is 12.5 Å². The fraction of sp³-hybridized carbons (Fsp3) is 0.800. The summed E-state index contributed by atoms with van der Waals surface area (Å²) in [6.45, 7) is 6.53. The summed E-state index contributed by atoms with van der Waals surface area (Å²) in [7, 11) is 0. The largest absolute Gasteiger partial charge is 0.334 e. The third-order valence-electron chi connectivity index (χ3n) is 4.21. The third-order valence-corrected chi connectivity index (χ3v) is 4.21. The highest BCUT2D eigenvalue weighted by atomic mass is 15.1. The molecule has 1 saturated carbocycles. The van der Waals surface area contributed by atoms with E-state index < -0.39 is 0 Å². The molecule has 0 radical (unpaired) electrons. The SMILES string of the molecule is CC(C)CC1(Cn2cncc2CCN)CCCC1. The van der Waals surface area contributed by atoms with E-state index in [1.165, 1.54) is 37.8 Å². The average molecular weight is 249 g/mol. The summed E-state index contributed by atoms with van der Waals surface area (Å²) >= 11 is 0. The first kappa shape index (κ1) is 13.6. The van der Waals surface area contributed by atoms with Crippen LogP contribution in [0, 0.1) is 11.3 Å². The first-order chi connectivity index (χ1) is 8.65. The first-order valence-corrected chi connectivity index (χ1v) is 7.34. The van der Waals surface area contributed by atoms with E-state index >= 15 is 0 Å². The van der Waals surface area contributed by atoms with Gasteiger partial charge in [0.1, 0.15) is 0 Å². The van der Waals surface area contributed by atoms with Crippen molar-refractivity contribution in [2.24, 2.45) is 17.1 Å². The molecular formula is C15H27N3. The zero-order valence-electron chi connectivity index (χ0n) is 11.9. The van der Waals surface area contributed by atoms with Crippen molar-refractivity contribution < 1.29 is 0 Å². The van der Waals surface area contributed by atoms with Crippen LogP contribution in [0.4, 0.5) is 0 Å². The molecule has 1 aliphatic rings. The molecule has 0 spiro atoms. The molecule has 0 bridgehead atoms. The van der Waals surface area contributed by atoms with Crippen LogP contribution in [0.15, 0.2) is 12.5 Å². The van der Waals surface area contributed by atoms with Crippen LogP contribution >= 0.6 is 0 Å². The molecule has 1 aromatic heterocycles. The van der Waals surface area contributed by atoms with E-state index in [9.17, 15) is 0 Å². The predicted molar refractivity (Wildman–Crippen MR) is 75.3 cm³/mol. The summed E-state index contributed by atoms with van der Waals surface area (Å²) in [6.07, 6.45) is 11.8. The monoisotopic (exact) mass is 249 g/mol. The van der Waals surface area contributed by atoms with Crippen molar-refractivity contribution in [3.8, 4) is 0 Å². The number of hydrogen-bond donors (Lipinski definition) is 1. The zero-order chi connectivity index (χ0) is 13.0. The Bertz CT molecular complexity index is 362. The highest BCUT2D eigenvalue weighted by Gasteiger charge is 2.34. The fourth-order valence-corrected chi connectivity index (χ4v) is 3.63. The molecule has 0 aromatic carbocycles. The molecule has 1 fully saturated rings. The molecule has 3 nitrogen and oxygen atoms in total. The minimum atomic E-state index is 0.512. The lowest BCUT2D eigenvalue weighted by Gasteiger charge is -2.32. The van der Waals surface area contributed by atoms with Gasteiger partial charge >= 0.3 is 0 Å². The third kappa shape index (κ3) is 3.14. The second-order valence-electron chi connectivity index (χ2n) is 6.36. The molecule has 3 heteroatoms. The Morgan fingerprint density at radius 1 is 1.39 bits per heavy atom. The van der Waals surface area contributed by atoms with Gasteiger partial charge in [0.15, 0.2) is 0 Å². The van der Waals surface area contributed by atoms with Gasteiger partial charge < -0.3 is 10.3 Å². The van der Waals surface area contributed by atoms with Gasteiger partial charge in [0.2, 0.25) is 0 Å². The van der Waals surface area contributed by atoms with Gasteiger partial charge in [-0.3, -0.25) is 0 Å². The number of nitrogens with zero attached hydrogens (tertiary/aromatic N) is 2. The van der Waals surface area contributed by atoms with E-state index in [4.69, 9.17) is 5.73 Å². The van der Waals surface area contributed by atoms with Gasteiger partial charge in [-0.1, -0.05) is 26.7 Å².